The quantitative estimate of drug-likeness (QED) is 0.559. The van der Waals surface area contributed by atoms with Crippen molar-refractivity contribution in [1.29, 1.82) is 0 Å². The third-order valence-electron chi connectivity index (χ3n) is 3.89. The van der Waals surface area contributed by atoms with Crippen molar-refractivity contribution in [2.45, 2.75) is 20.0 Å². The van der Waals surface area contributed by atoms with Crippen molar-refractivity contribution in [2.75, 3.05) is 0 Å². The number of hydrogen-bond acceptors (Lipinski definition) is 6. The third kappa shape index (κ3) is 3.33. The fourth-order valence-corrected chi connectivity index (χ4v) is 2.58. The van der Waals surface area contributed by atoms with Gasteiger partial charge in [0.1, 0.15) is 29.3 Å². The van der Waals surface area contributed by atoms with E-state index in [1.807, 2.05) is 6.92 Å². The molecular weight excluding hydrogens is 324 g/mol. The second-order valence-corrected chi connectivity index (χ2v) is 5.51. The molecule has 2 N–H and O–H groups in total. The minimum Gasteiger partial charge on any atom is -0.508 e. The number of phenols is 2. The van der Waals surface area contributed by atoms with Gasteiger partial charge in [-0.1, -0.05) is 19.1 Å². The lowest BCUT2D eigenvalue weighted by atomic mass is 10.0. The van der Waals surface area contributed by atoms with Gasteiger partial charge in [-0.3, -0.25) is 0 Å². The predicted molar refractivity (Wildman–Crippen MR) is 90.8 cm³/mol. The summed E-state index contributed by atoms with van der Waals surface area (Å²) >= 11 is 0. The van der Waals surface area contributed by atoms with Gasteiger partial charge >= 0.3 is 11.6 Å². The summed E-state index contributed by atoms with van der Waals surface area (Å²) in [6, 6.07) is 10.4. The van der Waals surface area contributed by atoms with Crippen LogP contribution in [-0.4, -0.2) is 16.2 Å². The largest absolute Gasteiger partial charge is 0.508 e. The maximum Gasteiger partial charge on any atom is 0.342 e. The van der Waals surface area contributed by atoms with E-state index in [1.54, 1.807) is 18.2 Å². The molecule has 0 atom stereocenters. The number of para-hydroxylation sites is 1. The number of carbonyl (C=O) groups is 1. The van der Waals surface area contributed by atoms with Crippen LogP contribution in [0.5, 0.6) is 11.5 Å². The third-order valence-corrected chi connectivity index (χ3v) is 3.89. The number of ether oxygens (including phenoxy) is 1. The van der Waals surface area contributed by atoms with Crippen molar-refractivity contribution < 1.29 is 24.2 Å². The van der Waals surface area contributed by atoms with Gasteiger partial charge in [0.2, 0.25) is 0 Å². The van der Waals surface area contributed by atoms with Crippen molar-refractivity contribution in [1.82, 2.24) is 0 Å². The molecule has 0 saturated carbocycles. The van der Waals surface area contributed by atoms with E-state index in [2.05, 4.69) is 0 Å². The Labute approximate surface area is 142 Å². The lowest BCUT2D eigenvalue weighted by Gasteiger charge is -2.10. The second kappa shape index (κ2) is 6.68. The van der Waals surface area contributed by atoms with E-state index in [0.29, 0.717) is 22.9 Å². The fourth-order valence-electron chi connectivity index (χ4n) is 2.58. The van der Waals surface area contributed by atoms with E-state index in [1.165, 1.54) is 24.3 Å². The first kappa shape index (κ1) is 16.6. The molecule has 0 bridgehead atoms. The Hall–Kier alpha value is -3.28. The van der Waals surface area contributed by atoms with E-state index < -0.39 is 11.6 Å². The van der Waals surface area contributed by atoms with E-state index in [9.17, 15) is 19.8 Å². The van der Waals surface area contributed by atoms with Gasteiger partial charge in [0.25, 0.3) is 0 Å². The summed E-state index contributed by atoms with van der Waals surface area (Å²) in [7, 11) is 0. The molecular formula is C19H16O6. The molecule has 3 aromatic rings. The number of aromatic hydroxyl groups is 2. The van der Waals surface area contributed by atoms with Crippen LogP contribution in [-0.2, 0) is 17.8 Å². The molecule has 6 nitrogen and oxygen atoms in total. The number of carbonyl (C=O) groups excluding carboxylic acids is 1. The summed E-state index contributed by atoms with van der Waals surface area (Å²) in [5.74, 6) is -0.835. The number of esters is 1. The van der Waals surface area contributed by atoms with Crippen LogP contribution >= 0.6 is 0 Å². The Morgan fingerprint density at radius 2 is 1.84 bits per heavy atom. The van der Waals surface area contributed by atoms with E-state index >= 15 is 0 Å². The molecule has 0 amide bonds. The molecule has 0 aliphatic rings. The van der Waals surface area contributed by atoms with Gasteiger partial charge in [-0.2, -0.15) is 0 Å². The second-order valence-electron chi connectivity index (χ2n) is 5.51. The van der Waals surface area contributed by atoms with Crippen LogP contribution in [0.4, 0.5) is 0 Å². The van der Waals surface area contributed by atoms with Crippen LogP contribution in [0.1, 0.15) is 28.4 Å². The Kier molecular flexibility index (Phi) is 4.43. The minimum absolute atomic E-state index is 0.0431. The maximum absolute atomic E-state index is 12.1. The molecule has 128 valence electrons. The highest BCUT2D eigenvalue weighted by Crippen LogP contribution is 2.27. The zero-order chi connectivity index (χ0) is 18.0. The molecule has 0 aliphatic carbocycles. The number of benzene rings is 2. The Bertz CT molecular complexity index is 1000. The molecule has 1 aromatic heterocycles. The molecule has 0 radical (unpaired) electrons. The normalized spacial score (nSPS) is 10.8. The highest BCUT2D eigenvalue weighted by atomic mass is 16.5. The SMILES string of the molecule is CCc1cc2c(COC(=O)c3ccccc3O)cc(=O)oc2cc1O. The van der Waals surface area contributed by atoms with Crippen molar-refractivity contribution in [3.8, 4) is 11.5 Å². The van der Waals surface area contributed by atoms with Crippen LogP contribution in [0, 0.1) is 0 Å². The molecule has 0 unspecified atom stereocenters. The molecule has 1 heterocycles. The summed E-state index contributed by atoms with van der Waals surface area (Å²) in [6.45, 7) is 1.72. The minimum atomic E-state index is -0.700. The Balaban J connectivity index is 1.94. The van der Waals surface area contributed by atoms with Gasteiger partial charge in [-0.25, -0.2) is 9.59 Å². The molecule has 0 fully saturated rings. The zero-order valence-electron chi connectivity index (χ0n) is 13.5. The first-order valence-corrected chi connectivity index (χ1v) is 7.73. The van der Waals surface area contributed by atoms with Gasteiger partial charge in [-0.15, -0.1) is 0 Å². The maximum atomic E-state index is 12.1. The number of hydrogen-bond donors (Lipinski definition) is 2. The monoisotopic (exact) mass is 340 g/mol. The number of fused-ring (bicyclic) bond motifs is 1. The summed E-state index contributed by atoms with van der Waals surface area (Å²) < 4.78 is 10.3. The van der Waals surface area contributed by atoms with Crippen LogP contribution in [0.15, 0.2) is 51.7 Å². The summed E-state index contributed by atoms with van der Waals surface area (Å²) in [6.07, 6.45) is 0.595. The molecule has 0 spiro atoms. The summed E-state index contributed by atoms with van der Waals surface area (Å²) in [5, 5.41) is 20.2. The predicted octanol–water partition coefficient (Wildman–Crippen LogP) is 3.12. The zero-order valence-corrected chi connectivity index (χ0v) is 13.5. The first-order valence-electron chi connectivity index (χ1n) is 7.73. The number of aryl methyl sites for hydroxylation is 1. The Morgan fingerprint density at radius 1 is 1.08 bits per heavy atom. The fraction of sp³-hybridized carbons (Fsp3) is 0.158. The lowest BCUT2D eigenvalue weighted by molar-refractivity contribution is 0.0470. The van der Waals surface area contributed by atoms with Crippen LogP contribution in [0.3, 0.4) is 0 Å². The molecule has 0 aliphatic heterocycles. The topological polar surface area (TPSA) is 97.0 Å². The molecule has 25 heavy (non-hydrogen) atoms. The molecule has 2 aromatic carbocycles. The first-order chi connectivity index (χ1) is 12.0. The smallest absolute Gasteiger partial charge is 0.342 e. The number of rotatable bonds is 4. The average molecular weight is 340 g/mol. The van der Waals surface area contributed by atoms with Crippen molar-refractivity contribution in [3.05, 3.63) is 69.6 Å². The van der Waals surface area contributed by atoms with Crippen molar-refractivity contribution >= 4 is 16.9 Å². The highest BCUT2D eigenvalue weighted by Gasteiger charge is 2.15. The van der Waals surface area contributed by atoms with Crippen LogP contribution in [0.2, 0.25) is 0 Å². The van der Waals surface area contributed by atoms with Gasteiger partial charge in [-0.05, 0) is 30.2 Å². The van der Waals surface area contributed by atoms with Gasteiger partial charge in [0.15, 0.2) is 0 Å². The Morgan fingerprint density at radius 3 is 2.56 bits per heavy atom. The number of phenolic OH excluding ortho intramolecular Hbond substituents is 2. The standard InChI is InChI=1S/C19H16O6/c1-2-11-7-14-12(8-18(22)25-17(14)9-16(11)21)10-24-19(23)13-5-3-4-6-15(13)20/h3-9,20-21H,2,10H2,1H3. The molecule has 6 heteroatoms. The molecule has 0 saturated heterocycles. The van der Waals surface area contributed by atoms with Gasteiger partial charge in [0, 0.05) is 23.1 Å². The highest BCUT2D eigenvalue weighted by molar-refractivity contribution is 5.92. The summed E-state index contributed by atoms with van der Waals surface area (Å²) in [4.78, 5) is 23.8. The van der Waals surface area contributed by atoms with Crippen molar-refractivity contribution in [3.63, 3.8) is 0 Å². The average Bonchev–Trinajstić information content (AvgIpc) is 2.59. The summed E-state index contributed by atoms with van der Waals surface area (Å²) in [5.41, 5.74) is 0.807. The van der Waals surface area contributed by atoms with Gasteiger partial charge < -0.3 is 19.4 Å². The van der Waals surface area contributed by atoms with E-state index in [-0.39, 0.29) is 29.3 Å². The molecule has 3 rings (SSSR count). The van der Waals surface area contributed by atoms with Crippen LogP contribution < -0.4 is 5.63 Å². The van der Waals surface area contributed by atoms with Gasteiger partial charge in [0.05, 0.1) is 0 Å². The van der Waals surface area contributed by atoms with Crippen molar-refractivity contribution in [2.24, 2.45) is 0 Å². The van der Waals surface area contributed by atoms with Crippen LogP contribution in [0.25, 0.3) is 11.0 Å². The lowest BCUT2D eigenvalue weighted by Crippen LogP contribution is -2.08. The van der Waals surface area contributed by atoms with E-state index in [4.69, 9.17) is 9.15 Å². The van der Waals surface area contributed by atoms with E-state index in [0.717, 1.165) is 0 Å².